The zero-order valence-electron chi connectivity index (χ0n) is 8.77. The number of nitrogens with zero attached hydrogens (tertiary/aromatic N) is 2. The third-order valence-corrected chi connectivity index (χ3v) is 2.73. The Morgan fingerprint density at radius 1 is 1.56 bits per heavy atom. The number of carboxylic acid groups (broad SMARTS) is 1. The van der Waals surface area contributed by atoms with Crippen molar-refractivity contribution in [3.63, 3.8) is 0 Å². The van der Waals surface area contributed by atoms with E-state index < -0.39 is 5.97 Å². The van der Waals surface area contributed by atoms with Crippen LogP contribution in [-0.4, -0.2) is 20.9 Å². The summed E-state index contributed by atoms with van der Waals surface area (Å²) < 4.78 is 1.71. The van der Waals surface area contributed by atoms with Crippen LogP contribution in [0.4, 0.5) is 0 Å². The summed E-state index contributed by atoms with van der Waals surface area (Å²) in [5.41, 5.74) is 1.73. The Bertz CT molecular complexity index is 548. The van der Waals surface area contributed by atoms with Gasteiger partial charge in [0.25, 0.3) is 0 Å². The predicted molar refractivity (Wildman–Crippen MR) is 61.7 cm³/mol. The van der Waals surface area contributed by atoms with Gasteiger partial charge in [0.15, 0.2) is 0 Å². The Kier molecular flexibility index (Phi) is 2.83. The summed E-state index contributed by atoms with van der Waals surface area (Å²) in [6, 6.07) is 5.44. The first-order valence-electron chi connectivity index (χ1n) is 4.91. The van der Waals surface area contributed by atoms with Crippen LogP contribution >= 0.6 is 11.6 Å². The third-order valence-electron chi connectivity index (χ3n) is 2.49. The Labute approximate surface area is 97.4 Å². The summed E-state index contributed by atoms with van der Waals surface area (Å²) in [7, 11) is 1.81. The van der Waals surface area contributed by atoms with E-state index in [0.29, 0.717) is 11.4 Å². The van der Waals surface area contributed by atoms with E-state index in [2.05, 4.69) is 5.10 Å². The van der Waals surface area contributed by atoms with Crippen molar-refractivity contribution in [1.29, 1.82) is 0 Å². The molecule has 0 unspecified atom stereocenters. The molecule has 0 spiro atoms. The highest BCUT2D eigenvalue weighted by Gasteiger charge is 2.10. The molecule has 4 nitrogen and oxygen atoms in total. The second kappa shape index (κ2) is 4.14. The van der Waals surface area contributed by atoms with Gasteiger partial charge in [-0.3, -0.25) is 9.48 Å². The van der Waals surface area contributed by atoms with Crippen molar-refractivity contribution < 1.29 is 9.90 Å². The second-order valence-corrected chi connectivity index (χ2v) is 4.06. The van der Waals surface area contributed by atoms with Crippen molar-refractivity contribution in [2.75, 3.05) is 0 Å². The van der Waals surface area contributed by atoms with E-state index in [-0.39, 0.29) is 6.42 Å². The average Bonchev–Trinajstić information content (AvgIpc) is 2.50. The van der Waals surface area contributed by atoms with Crippen molar-refractivity contribution in [3.05, 3.63) is 28.9 Å². The normalized spacial score (nSPS) is 10.9. The molecule has 5 heteroatoms. The highest BCUT2D eigenvalue weighted by Crippen LogP contribution is 2.22. The molecule has 2 aromatic rings. The fourth-order valence-corrected chi connectivity index (χ4v) is 1.92. The number of rotatable bonds is 3. The minimum Gasteiger partial charge on any atom is -0.481 e. The summed E-state index contributed by atoms with van der Waals surface area (Å²) in [5.74, 6) is -0.802. The van der Waals surface area contributed by atoms with Crippen LogP contribution in [0.15, 0.2) is 18.2 Å². The van der Waals surface area contributed by atoms with Gasteiger partial charge in [0.05, 0.1) is 11.9 Å². The Morgan fingerprint density at radius 2 is 2.31 bits per heavy atom. The highest BCUT2D eigenvalue weighted by molar-refractivity contribution is 6.31. The van der Waals surface area contributed by atoms with E-state index >= 15 is 0 Å². The molecule has 0 amide bonds. The van der Waals surface area contributed by atoms with Gasteiger partial charge in [0.1, 0.15) is 0 Å². The maximum Gasteiger partial charge on any atom is 0.303 e. The zero-order chi connectivity index (χ0) is 11.7. The number of aliphatic carboxylic acids is 1. The van der Waals surface area contributed by atoms with Crippen LogP contribution in [0.1, 0.15) is 12.1 Å². The third kappa shape index (κ3) is 2.02. The lowest BCUT2D eigenvalue weighted by Crippen LogP contribution is -2.03. The van der Waals surface area contributed by atoms with Crippen LogP contribution in [0.2, 0.25) is 5.02 Å². The summed E-state index contributed by atoms with van der Waals surface area (Å²) >= 11 is 5.86. The van der Waals surface area contributed by atoms with Crippen LogP contribution < -0.4 is 0 Å². The molecule has 1 aromatic carbocycles. The quantitative estimate of drug-likeness (QED) is 0.892. The van der Waals surface area contributed by atoms with Gasteiger partial charge in [-0.05, 0) is 18.2 Å². The summed E-state index contributed by atoms with van der Waals surface area (Å²) in [4.78, 5) is 10.5. The van der Waals surface area contributed by atoms with E-state index in [1.165, 1.54) is 0 Å². The van der Waals surface area contributed by atoms with Gasteiger partial charge in [-0.1, -0.05) is 11.6 Å². The Morgan fingerprint density at radius 3 is 3.00 bits per heavy atom. The lowest BCUT2D eigenvalue weighted by Gasteiger charge is -1.99. The van der Waals surface area contributed by atoms with Gasteiger partial charge in [-0.15, -0.1) is 0 Å². The Hall–Kier alpha value is -1.55. The van der Waals surface area contributed by atoms with Crippen LogP contribution in [0, 0.1) is 0 Å². The number of benzene rings is 1. The molecular weight excluding hydrogens is 228 g/mol. The summed E-state index contributed by atoms with van der Waals surface area (Å²) in [6.07, 6.45) is 0.585. The highest BCUT2D eigenvalue weighted by atomic mass is 35.5. The first-order valence-corrected chi connectivity index (χ1v) is 5.28. The van der Waals surface area contributed by atoms with Crippen LogP contribution in [-0.2, 0) is 18.3 Å². The van der Waals surface area contributed by atoms with Gasteiger partial charge in [-0.25, -0.2) is 0 Å². The molecule has 0 saturated heterocycles. The van der Waals surface area contributed by atoms with E-state index in [0.717, 1.165) is 16.6 Å². The molecule has 0 aliphatic rings. The molecule has 2 rings (SSSR count). The van der Waals surface area contributed by atoms with Gasteiger partial charge in [-0.2, -0.15) is 5.10 Å². The van der Waals surface area contributed by atoms with E-state index in [1.54, 1.807) is 16.8 Å². The number of hydrogen-bond acceptors (Lipinski definition) is 2. The van der Waals surface area contributed by atoms with Crippen molar-refractivity contribution in [3.8, 4) is 0 Å². The SMILES string of the molecule is Cn1nc2cc(Cl)ccc2c1CCC(=O)O. The first-order chi connectivity index (χ1) is 7.58. The van der Waals surface area contributed by atoms with Gasteiger partial charge in [0, 0.05) is 29.6 Å². The molecule has 0 saturated carbocycles. The lowest BCUT2D eigenvalue weighted by atomic mass is 10.1. The van der Waals surface area contributed by atoms with Crippen LogP contribution in [0.3, 0.4) is 0 Å². The number of fused-ring (bicyclic) bond motifs is 1. The molecular formula is C11H11ClN2O2. The summed E-state index contributed by atoms with van der Waals surface area (Å²) in [6.45, 7) is 0. The smallest absolute Gasteiger partial charge is 0.303 e. The summed E-state index contributed by atoms with van der Waals surface area (Å²) in [5, 5.41) is 14.6. The molecule has 1 N–H and O–H groups in total. The molecule has 0 fully saturated rings. The minimum atomic E-state index is -0.802. The Balaban J connectivity index is 2.43. The van der Waals surface area contributed by atoms with Crippen LogP contribution in [0.5, 0.6) is 0 Å². The number of carbonyl (C=O) groups is 1. The van der Waals surface area contributed by atoms with Crippen LogP contribution in [0.25, 0.3) is 10.9 Å². The topological polar surface area (TPSA) is 55.1 Å². The number of aromatic nitrogens is 2. The van der Waals surface area contributed by atoms with Crippen molar-refractivity contribution >= 4 is 28.5 Å². The number of hydrogen-bond donors (Lipinski definition) is 1. The van der Waals surface area contributed by atoms with Crippen molar-refractivity contribution in [2.24, 2.45) is 7.05 Å². The minimum absolute atomic E-state index is 0.108. The fraction of sp³-hybridized carbons (Fsp3) is 0.273. The molecule has 84 valence electrons. The number of carboxylic acids is 1. The van der Waals surface area contributed by atoms with Crippen molar-refractivity contribution in [2.45, 2.75) is 12.8 Å². The molecule has 0 bridgehead atoms. The average molecular weight is 239 g/mol. The molecule has 0 aliphatic heterocycles. The van der Waals surface area contributed by atoms with E-state index in [1.807, 2.05) is 13.1 Å². The molecule has 1 aromatic heterocycles. The molecule has 16 heavy (non-hydrogen) atoms. The largest absolute Gasteiger partial charge is 0.481 e. The zero-order valence-corrected chi connectivity index (χ0v) is 9.53. The van der Waals surface area contributed by atoms with E-state index in [4.69, 9.17) is 16.7 Å². The number of halogens is 1. The lowest BCUT2D eigenvalue weighted by molar-refractivity contribution is -0.136. The maximum atomic E-state index is 10.5. The van der Waals surface area contributed by atoms with Gasteiger partial charge in [0.2, 0.25) is 0 Å². The molecule has 0 aliphatic carbocycles. The molecule has 0 radical (unpaired) electrons. The van der Waals surface area contributed by atoms with Gasteiger partial charge >= 0.3 is 5.97 Å². The maximum absolute atomic E-state index is 10.5. The fourth-order valence-electron chi connectivity index (χ4n) is 1.75. The number of aryl methyl sites for hydroxylation is 2. The van der Waals surface area contributed by atoms with E-state index in [9.17, 15) is 4.79 Å². The second-order valence-electron chi connectivity index (χ2n) is 3.63. The van der Waals surface area contributed by atoms with Crippen molar-refractivity contribution in [1.82, 2.24) is 9.78 Å². The standard InChI is InChI=1S/C11H11ClN2O2/c1-14-10(4-5-11(15)16)8-3-2-7(12)6-9(8)13-14/h2-3,6H,4-5H2,1H3,(H,15,16). The monoisotopic (exact) mass is 238 g/mol. The molecule has 0 atom stereocenters. The predicted octanol–water partition coefficient (Wildman–Crippen LogP) is 2.24. The molecule has 1 heterocycles. The van der Waals surface area contributed by atoms with Gasteiger partial charge < -0.3 is 5.11 Å². The first kappa shape index (κ1) is 11.0.